The fourth-order valence-corrected chi connectivity index (χ4v) is 6.15. The molecule has 2 heterocycles. The number of alkyl carbamates (subject to hydrolysis) is 1. The van der Waals surface area contributed by atoms with Gasteiger partial charge in [0, 0.05) is 12.5 Å². The maximum atomic E-state index is 13.4. The fraction of sp³-hybridized carbons (Fsp3) is 0.444. The van der Waals surface area contributed by atoms with E-state index in [9.17, 15) is 19.5 Å². The predicted molar refractivity (Wildman–Crippen MR) is 124 cm³/mol. The minimum atomic E-state index is -1.09. The van der Waals surface area contributed by atoms with E-state index in [1.54, 1.807) is 0 Å². The highest BCUT2D eigenvalue weighted by atomic mass is 16.5. The summed E-state index contributed by atoms with van der Waals surface area (Å²) in [5, 5.41) is 12.5. The van der Waals surface area contributed by atoms with E-state index in [0.717, 1.165) is 35.1 Å². The van der Waals surface area contributed by atoms with Crippen LogP contribution in [0.4, 0.5) is 4.79 Å². The Bertz CT molecular complexity index is 1120. The Morgan fingerprint density at radius 2 is 1.65 bits per heavy atom. The predicted octanol–water partition coefficient (Wildman–Crippen LogP) is 3.77. The number of carboxylic acids is 1. The molecule has 7 heteroatoms. The molecule has 2 N–H and O–H groups in total. The van der Waals surface area contributed by atoms with Crippen LogP contribution in [0.2, 0.25) is 0 Å². The molecule has 0 aromatic heterocycles. The first-order valence-corrected chi connectivity index (χ1v) is 12.1. The zero-order valence-electron chi connectivity index (χ0n) is 18.9. The molecule has 2 bridgehead atoms. The Hall–Kier alpha value is -3.35. The first-order valence-electron chi connectivity index (χ1n) is 12.1. The second-order valence-corrected chi connectivity index (χ2v) is 10.3. The van der Waals surface area contributed by atoms with E-state index in [1.807, 2.05) is 24.3 Å². The second-order valence-electron chi connectivity index (χ2n) is 10.3. The number of rotatable bonds is 7. The van der Waals surface area contributed by atoms with Crippen molar-refractivity contribution >= 4 is 18.0 Å². The average Bonchev–Trinajstić information content (AvgIpc) is 3.30. The molecule has 2 aromatic carbocycles. The molecule has 34 heavy (non-hydrogen) atoms. The molecule has 176 valence electrons. The Morgan fingerprint density at radius 3 is 2.24 bits per heavy atom. The van der Waals surface area contributed by atoms with Crippen molar-refractivity contribution in [3.63, 3.8) is 0 Å². The minimum Gasteiger partial charge on any atom is -0.479 e. The third-order valence-corrected chi connectivity index (χ3v) is 8.07. The summed E-state index contributed by atoms with van der Waals surface area (Å²) in [5.41, 5.74) is 3.47. The van der Waals surface area contributed by atoms with Crippen molar-refractivity contribution in [1.29, 1.82) is 0 Å². The normalized spacial score (nSPS) is 25.2. The summed E-state index contributed by atoms with van der Waals surface area (Å²) in [6, 6.07) is 15.5. The van der Waals surface area contributed by atoms with E-state index >= 15 is 0 Å². The Balaban J connectivity index is 1.15. The molecular formula is C27H28N2O5. The average molecular weight is 461 g/mol. The van der Waals surface area contributed by atoms with Crippen LogP contribution in [0.1, 0.15) is 49.1 Å². The molecule has 5 aliphatic rings. The number of carboxylic acid groups (broad SMARTS) is 1. The maximum absolute atomic E-state index is 13.4. The lowest BCUT2D eigenvalue weighted by Gasteiger charge is -2.39. The highest BCUT2D eigenvalue weighted by molar-refractivity contribution is 5.93. The Labute approximate surface area is 198 Å². The molecule has 2 aliphatic heterocycles. The molecule has 2 saturated heterocycles. The summed E-state index contributed by atoms with van der Waals surface area (Å²) in [4.78, 5) is 39.6. The maximum Gasteiger partial charge on any atom is 0.407 e. The van der Waals surface area contributed by atoms with Gasteiger partial charge in [-0.15, -0.1) is 0 Å². The topological polar surface area (TPSA) is 95.9 Å². The molecule has 2 amide bonds. The number of carbonyl (C=O) groups is 3. The smallest absolute Gasteiger partial charge is 0.407 e. The van der Waals surface area contributed by atoms with Gasteiger partial charge in [-0.05, 0) is 53.4 Å². The number of fused-ring (bicyclic) bond motifs is 4. The largest absolute Gasteiger partial charge is 0.479 e. The van der Waals surface area contributed by atoms with Gasteiger partial charge in [0.1, 0.15) is 18.2 Å². The van der Waals surface area contributed by atoms with Crippen LogP contribution in [0.25, 0.3) is 11.1 Å². The number of hydrogen-bond acceptors (Lipinski definition) is 4. The van der Waals surface area contributed by atoms with Gasteiger partial charge in [0.15, 0.2) is 0 Å². The molecule has 4 fully saturated rings. The molecule has 0 unspecified atom stereocenters. The van der Waals surface area contributed by atoms with Gasteiger partial charge in [-0.3, -0.25) is 4.79 Å². The number of hydrogen-bond donors (Lipinski definition) is 2. The minimum absolute atomic E-state index is 0.0585. The van der Waals surface area contributed by atoms with Crippen LogP contribution in [0.15, 0.2) is 48.5 Å². The fourth-order valence-electron chi connectivity index (χ4n) is 6.15. The molecule has 7 rings (SSSR count). The lowest BCUT2D eigenvalue weighted by Crippen LogP contribution is -2.59. The molecule has 0 radical (unpaired) electrons. The van der Waals surface area contributed by atoms with E-state index in [-0.39, 0.29) is 24.3 Å². The third kappa shape index (κ3) is 3.37. The molecule has 1 atom stereocenters. The number of benzene rings is 2. The Kier molecular flexibility index (Phi) is 4.90. The number of nitrogens with one attached hydrogen (secondary N) is 1. The SMILES string of the molecule is O=C(N[C@@H](CC1CC1)C(=O)N1CC2CC1(C(=O)O)C2)OCC1c2ccccc2-c2ccccc21. The molecule has 2 saturated carbocycles. The van der Waals surface area contributed by atoms with Crippen LogP contribution < -0.4 is 5.32 Å². The van der Waals surface area contributed by atoms with Gasteiger partial charge < -0.3 is 20.1 Å². The zero-order valence-corrected chi connectivity index (χ0v) is 18.9. The van der Waals surface area contributed by atoms with Gasteiger partial charge in [0.05, 0.1) is 0 Å². The van der Waals surface area contributed by atoms with Gasteiger partial charge in [0.25, 0.3) is 0 Å². The zero-order chi connectivity index (χ0) is 23.4. The molecule has 0 spiro atoms. The second kappa shape index (κ2) is 7.86. The lowest BCUT2D eigenvalue weighted by molar-refractivity contribution is -0.159. The van der Waals surface area contributed by atoms with E-state index < -0.39 is 23.6 Å². The van der Waals surface area contributed by atoms with Crippen molar-refractivity contribution in [1.82, 2.24) is 10.2 Å². The summed E-state index contributed by atoms with van der Waals surface area (Å²) in [6.07, 6.45) is 2.98. The van der Waals surface area contributed by atoms with Crippen LogP contribution in [0.5, 0.6) is 0 Å². The highest BCUT2D eigenvalue weighted by Crippen LogP contribution is 2.51. The number of nitrogens with zero attached hydrogens (tertiary/aromatic N) is 1. The van der Waals surface area contributed by atoms with Crippen LogP contribution >= 0.6 is 0 Å². The van der Waals surface area contributed by atoms with Gasteiger partial charge in [-0.1, -0.05) is 61.4 Å². The number of carbonyl (C=O) groups excluding carboxylic acids is 2. The van der Waals surface area contributed by atoms with Crippen LogP contribution in [0, 0.1) is 11.8 Å². The summed E-state index contributed by atoms with van der Waals surface area (Å²) >= 11 is 0. The van der Waals surface area contributed by atoms with Gasteiger partial charge in [0.2, 0.25) is 5.91 Å². The quantitative estimate of drug-likeness (QED) is 0.656. The molecule has 3 aliphatic carbocycles. The first kappa shape index (κ1) is 21.2. The van der Waals surface area contributed by atoms with Crippen molar-refractivity contribution in [2.75, 3.05) is 13.2 Å². The summed E-state index contributed by atoms with van der Waals surface area (Å²) in [5.74, 6) is -0.655. The number of ether oxygens (including phenoxy) is 1. The van der Waals surface area contributed by atoms with Gasteiger partial charge >= 0.3 is 12.1 Å². The van der Waals surface area contributed by atoms with Crippen molar-refractivity contribution in [3.8, 4) is 11.1 Å². The van der Waals surface area contributed by atoms with E-state index in [4.69, 9.17) is 4.74 Å². The summed E-state index contributed by atoms with van der Waals surface area (Å²) in [7, 11) is 0. The molecule has 2 aromatic rings. The van der Waals surface area contributed by atoms with Crippen LogP contribution in [-0.4, -0.2) is 52.7 Å². The summed E-state index contributed by atoms with van der Waals surface area (Å²) < 4.78 is 5.66. The van der Waals surface area contributed by atoms with Gasteiger partial charge in [-0.2, -0.15) is 0 Å². The molecule has 7 nitrogen and oxygen atoms in total. The van der Waals surface area contributed by atoms with Crippen molar-refractivity contribution in [3.05, 3.63) is 59.7 Å². The highest BCUT2D eigenvalue weighted by Gasteiger charge is 2.63. The monoisotopic (exact) mass is 460 g/mol. The van der Waals surface area contributed by atoms with Crippen molar-refractivity contribution in [2.45, 2.75) is 49.6 Å². The Morgan fingerprint density at radius 1 is 1.03 bits per heavy atom. The third-order valence-electron chi connectivity index (χ3n) is 8.07. The van der Waals surface area contributed by atoms with Crippen molar-refractivity contribution in [2.24, 2.45) is 11.8 Å². The lowest BCUT2D eigenvalue weighted by atomic mass is 9.73. The molecular weight excluding hydrogens is 432 g/mol. The number of aliphatic carboxylic acids is 1. The standard InChI is InChI=1S/C27H28N2O5/c30-24(29-14-17-12-27(29,13-17)25(31)32)23(11-16-9-10-16)28-26(33)34-15-22-20-7-3-1-5-18(20)19-6-2-4-8-21(19)22/h1-8,16-17,22-23H,9-15H2,(H,28,33)(H,31,32)/t17?,23-,27?/m0/s1. The number of amides is 2. The van der Waals surface area contributed by atoms with Gasteiger partial charge in [-0.25, -0.2) is 9.59 Å². The van der Waals surface area contributed by atoms with Crippen molar-refractivity contribution < 1.29 is 24.2 Å². The van der Waals surface area contributed by atoms with E-state index in [1.165, 1.54) is 4.90 Å². The van der Waals surface area contributed by atoms with Crippen LogP contribution in [-0.2, 0) is 14.3 Å². The first-order chi connectivity index (χ1) is 16.5. The van der Waals surface area contributed by atoms with E-state index in [0.29, 0.717) is 31.7 Å². The van der Waals surface area contributed by atoms with Crippen LogP contribution in [0.3, 0.4) is 0 Å². The summed E-state index contributed by atoms with van der Waals surface area (Å²) in [6.45, 7) is 0.633. The van der Waals surface area contributed by atoms with E-state index in [2.05, 4.69) is 29.6 Å².